The second-order valence-corrected chi connectivity index (χ2v) is 1.41. The van der Waals surface area contributed by atoms with Gasteiger partial charge in [0, 0.05) is 0 Å². The van der Waals surface area contributed by atoms with Crippen LogP contribution in [0.3, 0.4) is 0 Å². The highest BCUT2D eigenvalue weighted by molar-refractivity contribution is 5.97. The van der Waals surface area contributed by atoms with Gasteiger partial charge in [-0.1, -0.05) is 0 Å². The van der Waals surface area contributed by atoms with Crippen molar-refractivity contribution in [2.45, 2.75) is 6.10 Å². The second-order valence-electron chi connectivity index (χ2n) is 1.41. The third-order valence-corrected chi connectivity index (χ3v) is 0.755. The molecule has 0 amide bonds. The standard InChI is InChI=1S/C3H7BO2/c4-6-2-3-1-5-3/h3H,1-2,4H2. The smallest absolute Gasteiger partial charge is 0.257 e. The summed E-state index contributed by atoms with van der Waals surface area (Å²) in [5.41, 5.74) is 0. The lowest BCUT2D eigenvalue weighted by Gasteiger charge is -1.85. The Morgan fingerprint density at radius 3 is 2.83 bits per heavy atom. The molecule has 0 aromatic heterocycles. The minimum absolute atomic E-state index is 0.426. The van der Waals surface area contributed by atoms with Gasteiger partial charge in [-0.3, -0.25) is 0 Å². The van der Waals surface area contributed by atoms with Crippen LogP contribution >= 0.6 is 0 Å². The average Bonchev–Trinajstić information content (AvgIpc) is 2.21. The van der Waals surface area contributed by atoms with Crippen LogP contribution in [-0.4, -0.2) is 27.4 Å². The van der Waals surface area contributed by atoms with Crippen molar-refractivity contribution < 1.29 is 9.39 Å². The summed E-state index contributed by atoms with van der Waals surface area (Å²) in [7, 11) is 1.68. The van der Waals surface area contributed by atoms with Crippen LogP contribution in [0.15, 0.2) is 0 Å². The van der Waals surface area contributed by atoms with E-state index in [9.17, 15) is 0 Å². The lowest BCUT2D eigenvalue weighted by Crippen LogP contribution is -1.96. The van der Waals surface area contributed by atoms with E-state index in [1.165, 1.54) is 0 Å². The highest BCUT2D eigenvalue weighted by Crippen LogP contribution is 2.06. The zero-order chi connectivity index (χ0) is 4.41. The van der Waals surface area contributed by atoms with E-state index in [0.29, 0.717) is 6.10 Å². The largest absolute Gasteiger partial charge is 0.441 e. The monoisotopic (exact) mass is 86.1 g/mol. The molecule has 1 unspecified atom stereocenters. The van der Waals surface area contributed by atoms with Crippen LogP contribution in [0.2, 0.25) is 0 Å². The summed E-state index contributed by atoms with van der Waals surface area (Å²) in [5, 5.41) is 0. The van der Waals surface area contributed by atoms with Gasteiger partial charge < -0.3 is 9.39 Å². The lowest BCUT2D eigenvalue weighted by atomic mass is 10.5. The molecule has 6 heavy (non-hydrogen) atoms. The van der Waals surface area contributed by atoms with E-state index in [1.807, 2.05) is 0 Å². The maximum Gasteiger partial charge on any atom is 0.257 e. The fraction of sp³-hybridized carbons (Fsp3) is 1.00. The molecular weight excluding hydrogens is 78.8 g/mol. The molecule has 0 bridgehead atoms. The van der Waals surface area contributed by atoms with Crippen molar-refractivity contribution in [2.75, 3.05) is 13.2 Å². The first-order valence-electron chi connectivity index (χ1n) is 2.04. The van der Waals surface area contributed by atoms with Gasteiger partial charge in [-0.2, -0.15) is 0 Å². The minimum Gasteiger partial charge on any atom is -0.441 e. The Hall–Kier alpha value is -0.0151. The van der Waals surface area contributed by atoms with Crippen LogP contribution in [0.4, 0.5) is 0 Å². The fourth-order valence-corrected chi connectivity index (χ4v) is 0.350. The van der Waals surface area contributed by atoms with E-state index in [1.54, 1.807) is 8.05 Å². The fourth-order valence-electron chi connectivity index (χ4n) is 0.350. The van der Waals surface area contributed by atoms with E-state index < -0.39 is 0 Å². The molecule has 34 valence electrons. The Labute approximate surface area is 37.9 Å². The number of ether oxygens (including phenoxy) is 1. The normalized spacial score (nSPS) is 30.3. The van der Waals surface area contributed by atoms with Gasteiger partial charge in [0.25, 0.3) is 8.05 Å². The van der Waals surface area contributed by atoms with Crippen LogP contribution in [0, 0.1) is 0 Å². The van der Waals surface area contributed by atoms with Crippen molar-refractivity contribution >= 4 is 8.05 Å². The van der Waals surface area contributed by atoms with Gasteiger partial charge in [0.15, 0.2) is 0 Å². The molecular formula is C3H7BO2. The highest BCUT2D eigenvalue weighted by atomic mass is 16.6. The van der Waals surface area contributed by atoms with Crippen molar-refractivity contribution in [3.05, 3.63) is 0 Å². The molecule has 2 nitrogen and oxygen atoms in total. The molecule has 1 saturated heterocycles. The summed E-state index contributed by atoms with van der Waals surface area (Å²) in [6.07, 6.45) is 0.426. The number of rotatable bonds is 2. The molecule has 0 aliphatic carbocycles. The predicted molar refractivity (Wildman–Crippen MR) is 24.2 cm³/mol. The van der Waals surface area contributed by atoms with Crippen LogP contribution in [0.25, 0.3) is 0 Å². The Morgan fingerprint density at radius 2 is 2.67 bits per heavy atom. The molecule has 0 N–H and O–H groups in total. The van der Waals surface area contributed by atoms with Gasteiger partial charge in [0.2, 0.25) is 0 Å². The van der Waals surface area contributed by atoms with Gasteiger partial charge in [-0.25, -0.2) is 0 Å². The van der Waals surface area contributed by atoms with Crippen molar-refractivity contribution in [3.63, 3.8) is 0 Å². The molecule has 1 atom stereocenters. The summed E-state index contributed by atoms with van der Waals surface area (Å²) in [6.45, 7) is 1.66. The summed E-state index contributed by atoms with van der Waals surface area (Å²) in [4.78, 5) is 0. The first-order chi connectivity index (χ1) is 2.93. The van der Waals surface area contributed by atoms with Crippen LogP contribution in [0.5, 0.6) is 0 Å². The first kappa shape index (κ1) is 4.15. The van der Waals surface area contributed by atoms with Crippen LogP contribution in [-0.2, 0) is 9.39 Å². The lowest BCUT2D eigenvalue weighted by molar-refractivity contribution is 0.281. The second kappa shape index (κ2) is 1.62. The van der Waals surface area contributed by atoms with Crippen LogP contribution < -0.4 is 0 Å². The van der Waals surface area contributed by atoms with Crippen molar-refractivity contribution in [1.29, 1.82) is 0 Å². The molecule has 1 heterocycles. The quantitative estimate of drug-likeness (QED) is 0.316. The van der Waals surface area contributed by atoms with E-state index in [-0.39, 0.29) is 0 Å². The molecule has 0 aromatic carbocycles. The Bertz CT molecular complexity index is 44.1. The summed E-state index contributed by atoms with van der Waals surface area (Å²) in [5.74, 6) is 0. The zero-order valence-corrected chi connectivity index (χ0v) is 3.81. The number of epoxide rings is 1. The summed E-state index contributed by atoms with van der Waals surface area (Å²) < 4.78 is 9.56. The first-order valence-corrected chi connectivity index (χ1v) is 2.04. The molecule has 0 saturated carbocycles. The van der Waals surface area contributed by atoms with Gasteiger partial charge in [-0.15, -0.1) is 0 Å². The highest BCUT2D eigenvalue weighted by Gasteiger charge is 2.20. The SMILES string of the molecule is BOCC1CO1. The summed E-state index contributed by atoms with van der Waals surface area (Å²) in [6, 6.07) is 0. The maximum absolute atomic E-state index is 4.82. The third kappa shape index (κ3) is 0.991. The predicted octanol–water partition coefficient (Wildman–Crippen LogP) is -1.05. The third-order valence-electron chi connectivity index (χ3n) is 0.755. The van der Waals surface area contributed by atoms with Crippen molar-refractivity contribution in [3.8, 4) is 0 Å². The number of hydrogen-bond acceptors (Lipinski definition) is 2. The average molecular weight is 85.9 g/mol. The van der Waals surface area contributed by atoms with Gasteiger partial charge in [-0.05, 0) is 0 Å². The van der Waals surface area contributed by atoms with Crippen molar-refractivity contribution in [1.82, 2.24) is 0 Å². The van der Waals surface area contributed by atoms with Gasteiger partial charge >= 0.3 is 0 Å². The Morgan fingerprint density at radius 1 is 2.00 bits per heavy atom. The molecule has 1 fully saturated rings. The van der Waals surface area contributed by atoms with Gasteiger partial charge in [0.05, 0.1) is 13.2 Å². The molecule has 0 radical (unpaired) electrons. The van der Waals surface area contributed by atoms with Gasteiger partial charge in [0.1, 0.15) is 6.10 Å². The molecule has 3 heteroatoms. The van der Waals surface area contributed by atoms with E-state index in [4.69, 9.17) is 9.39 Å². The summed E-state index contributed by atoms with van der Waals surface area (Å²) >= 11 is 0. The Kier molecular flexibility index (Phi) is 1.12. The molecule has 0 aromatic rings. The van der Waals surface area contributed by atoms with E-state index in [2.05, 4.69) is 0 Å². The molecule has 1 aliphatic heterocycles. The molecule has 1 aliphatic rings. The maximum atomic E-state index is 4.82. The Balaban J connectivity index is 1.88. The molecule has 1 rings (SSSR count). The van der Waals surface area contributed by atoms with E-state index in [0.717, 1.165) is 13.2 Å². The van der Waals surface area contributed by atoms with Crippen molar-refractivity contribution in [2.24, 2.45) is 0 Å². The van der Waals surface area contributed by atoms with Crippen LogP contribution in [0.1, 0.15) is 0 Å². The topological polar surface area (TPSA) is 21.8 Å². The molecule has 0 spiro atoms. The zero-order valence-electron chi connectivity index (χ0n) is 3.81. The minimum atomic E-state index is 0.426. The van der Waals surface area contributed by atoms with E-state index >= 15 is 0 Å². The number of hydrogen-bond donors (Lipinski definition) is 0.